The van der Waals surface area contributed by atoms with E-state index in [-0.39, 0.29) is 17.2 Å². The zero-order chi connectivity index (χ0) is 17.3. The quantitative estimate of drug-likeness (QED) is 0.824. The molecule has 1 aliphatic heterocycles. The molecule has 0 radical (unpaired) electrons. The van der Waals surface area contributed by atoms with E-state index in [1.807, 2.05) is 32.9 Å². The van der Waals surface area contributed by atoms with Crippen molar-refractivity contribution < 1.29 is 13.2 Å². The van der Waals surface area contributed by atoms with Crippen LogP contribution in [0.25, 0.3) is 0 Å². The SMILES string of the molecule is Cc1ncccc1O[C@H]1CCN(S(=O)(=O)c2cn(C(C)C)cn2)C1. The van der Waals surface area contributed by atoms with E-state index in [0.29, 0.717) is 25.3 Å². The Hall–Kier alpha value is -1.93. The zero-order valence-corrected chi connectivity index (χ0v) is 14.9. The molecule has 1 aliphatic rings. The summed E-state index contributed by atoms with van der Waals surface area (Å²) in [6.45, 7) is 6.59. The van der Waals surface area contributed by atoms with Gasteiger partial charge < -0.3 is 9.30 Å². The van der Waals surface area contributed by atoms with E-state index in [4.69, 9.17) is 4.74 Å². The summed E-state index contributed by atoms with van der Waals surface area (Å²) in [5, 5.41) is 0.0920. The van der Waals surface area contributed by atoms with Crippen molar-refractivity contribution in [2.45, 2.75) is 44.4 Å². The second kappa shape index (κ2) is 6.52. The molecule has 0 amide bonds. The van der Waals surface area contributed by atoms with E-state index in [1.165, 1.54) is 4.31 Å². The van der Waals surface area contributed by atoms with Gasteiger partial charge in [-0.05, 0) is 39.3 Å². The van der Waals surface area contributed by atoms with Crippen molar-refractivity contribution in [2.75, 3.05) is 13.1 Å². The predicted octanol–water partition coefficient (Wildman–Crippen LogP) is 2.01. The summed E-state index contributed by atoms with van der Waals surface area (Å²) < 4.78 is 34.6. The second-order valence-corrected chi connectivity index (χ2v) is 8.12. The van der Waals surface area contributed by atoms with Crippen LogP contribution in [0.5, 0.6) is 5.75 Å². The van der Waals surface area contributed by atoms with Crippen LogP contribution >= 0.6 is 0 Å². The van der Waals surface area contributed by atoms with E-state index in [0.717, 1.165) is 5.69 Å². The van der Waals surface area contributed by atoms with Crippen molar-refractivity contribution in [1.29, 1.82) is 0 Å². The number of rotatable bonds is 5. The summed E-state index contributed by atoms with van der Waals surface area (Å²) >= 11 is 0. The van der Waals surface area contributed by atoms with Crippen LogP contribution in [-0.4, -0.2) is 46.5 Å². The summed E-state index contributed by atoms with van der Waals surface area (Å²) in [4.78, 5) is 8.25. The third-order valence-electron chi connectivity index (χ3n) is 4.14. The minimum atomic E-state index is -3.58. The van der Waals surface area contributed by atoms with Gasteiger partial charge in [-0.1, -0.05) is 0 Å². The Morgan fingerprint density at radius 2 is 2.12 bits per heavy atom. The molecule has 2 aromatic rings. The maximum atomic E-state index is 12.7. The highest BCUT2D eigenvalue weighted by atomic mass is 32.2. The molecule has 0 spiro atoms. The number of aromatic nitrogens is 3. The van der Waals surface area contributed by atoms with Gasteiger partial charge in [0.25, 0.3) is 10.0 Å². The van der Waals surface area contributed by atoms with E-state index in [2.05, 4.69) is 9.97 Å². The second-order valence-electron chi connectivity index (χ2n) is 6.23. The number of nitrogens with zero attached hydrogens (tertiary/aromatic N) is 4. The van der Waals surface area contributed by atoms with Gasteiger partial charge >= 0.3 is 0 Å². The standard InChI is InChI=1S/C16H22N4O3S/c1-12(2)19-10-16(18-11-19)24(21,22)20-8-6-14(9-20)23-15-5-4-7-17-13(15)3/h4-5,7,10-12,14H,6,8-9H2,1-3H3/t14-/m0/s1. The largest absolute Gasteiger partial charge is 0.487 e. The summed E-state index contributed by atoms with van der Waals surface area (Å²) in [5.41, 5.74) is 0.800. The molecule has 0 unspecified atom stereocenters. The van der Waals surface area contributed by atoms with Crippen LogP contribution in [0.15, 0.2) is 35.9 Å². The van der Waals surface area contributed by atoms with E-state index < -0.39 is 10.0 Å². The average molecular weight is 350 g/mol. The van der Waals surface area contributed by atoms with Gasteiger partial charge in [-0.3, -0.25) is 4.98 Å². The molecule has 130 valence electrons. The number of ether oxygens (including phenoxy) is 1. The monoisotopic (exact) mass is 350 g/mol. The molecule has 2 aromatic heterocycles. The van der Waals surface area contributed by atoms with Crippen molar-refractivity contribution in [3.8, 4) is 5.75 Å². The Kier molecular flexibility index (Phi) is 4.60. The van der Waals surface area contributed by atoms with Gasteiger partial charge in [-0.15, -0.1) is 0 Å². The molecule has 1 fully saturated rings. The molecule has 0 saturated carbocycles. The maximum absolute atomic E-state index is 12.7. The topological polar surface area (TPSA) is 77.3 Å². The van der Waals surface area contributed by atoms with Gasteiger partial charge in [0, 0.05) is 25.0 Å². The van der Waals surface area contributed by atoms with Gasteiger partial charge in [-0.2, -0.15) is 4.31 Å². The maximum Gasteiger partial charge on any atom is 0.262 e. The molecule has 0 aromatic carbocycles. The van der Waals surface area contributed by atoms with Crippen molar-refractivity contribution in [3.05, 3.63) is 36.5 Å². The summed E-state index contributed by atoms with van der Waals surface area (Å²) in [7, 11) is -3.58. The highest BCUT2D eigenvalue weighted by molar-refractivity contribution is 7.89. The van der Waals surface area contributed by atoms with Gasteiger partial charge in [0.2, 0.25) is 0 Å². The minimum Gasteiger partial charge on any atom is -0.487 e. The predicted molar refractivity (Wildman–Crippen MR) is 89.4 cm³/mol. The van der Waals surface area contributed by atoms with Gasteiger partial charge in [0.05, 0.1) is 18.6 Å². The molecule has 1 saturated heterocycles. The Morgan fingerprint density at radius 1 is 1.33 bits per heavy atom. The fourth-order valence-electron chi connectivity index (χ4n) is 2.65. The third kappa shape index (κ3) is 3.29. The molecule has 1 atom stereocenters. The van der Waals surface area contributed by atoms with Gasteiger partial charge in [0.1, 0.15) is 11.9 Å². The lowest BCUT2D eigenvalue weighted by Crippen LogP contribution is -2.31. The third-order valence-corrected chi connectivity index (χ3v) is 5.89. The normalized spacial score (nSPS) is 19.1. The van der Waals surface area contributed by atoms with Crippen LogP contribution in [0.4, 0.5) is 0 Å². The van der Waals surface area contributed by atoms with Crippen molar-refractivity contribution in [3.63, 3.8) is 0 Å². The van der Waals surface area contributed by atoms with E-state index in [9.17, 15) is 8.42 Å². The minimum absolute atomic E-state index is 0.0920. The number of pyridine rings is 1. The number of sulfonamides is 1. The number of hydrogen-bond donors (Lipinski definition) is 0. The smallest absolute Gasteiger partial charge is 0.262 e. The highest BCUT2D eigenvalue weighted by Gasteiger charge is 2.35. The number of imidazole rings is 1. The van der Waals surface area contributed by atoms with Crippen LogP contribution in [-0.2, 0) is 10.0 Å². The Morgan fingerprint density at radius 3 is 2.79 bits per heavy atom. The van der Waals surface area contributed by atoms with Crippen LogP contribution in [0.3, 0.4) is 0 Å². The summed E-state index contributed by atoms with van der Waals surface area (Å²) in [6.07, 6.45) is 5.33. The molecule has 3 rings (SSSR count). The fraction of sp³-hybridized carbons (Fsp3) is 0.500. The molecule has 24 heavy (non-hydrogen) atoms. The lowest BCUT2D eigenvalue weighted by atomic mass is 10.3. The molecule has 7 nitrogen and oxygen atoms in total. The van der Waals surface area contributed by atoms with E-state index >= 15 is 0 Å². The van der Waals surface area contributed by atoms with Crippen molar-refractivity contribution >= 4 is 10.0 Å². The van der Waals surface area contributed by atoms with Crippen molar-refractivity contribution in [2.24, 2.45) is 0 Å². The fourth-order valence-corrected chi connectivity index (χ4v) is 4.06. The number of hydrogen-bond acceptors (Lipinski definition) is 5. The molecule has 3 heterocycles. The molecule has 8 heteroatoms. The Balaban J connectivity index is 1.71. The Bertz CT molecular complexity index is 816. The zero-order valence-electron chi connectivity index (χ0n) is 14.1. The van der Waals surface area contributed by atoms with Crippen LogP contribution < -0.4 is 4.74 Å². The average Bonchev–Trinajstić information content (AvgIpc) is 3.19. The summed E-state index contributed by atoms with van der Waals surface area (Å²) in [6, 6.07) is 3.83. The molecule has 0 aliphatic carbocycles. The first-order chi connectivity index (χ1) is 11.4. The first-order valence-corrected chi connectivity index (χ1v) is 9.44. The lowest BCUT2D eigenvalue weighted by molar-refractivity contribution is 0.213. The molecule has 0 N–H and O–H groups in total. The molecule has 0 bridgehead atoms. The molecular weight excluding hydrogens is 328 g/mol. The van der Waals surface area contributed by atoms with Gasteiger partial charge in [0.15, 0.2) is 5.03 Å². The highest BCUT2D eigenvalue weighted by Crippen LogP contribution is 2.24. The Labute approximate surface area is 142 Å². The first kappa shape index (κ1) is 16.9. The van der Waals surface area contributed by atoms with Crippen molar-refractivity contribution in [1.82, 2.24) is 18.8 Å². The lowest BCUT2D eigenvalue weighted by Gasteiger charge is -2.16. The van der Waals surface area contributed by atoms with Crippen LogP contribution in [0.1, 0.15) is 32.0 Å². The van der Waals surface area contributed by atoms with E-state index in [1.54, 1.807) is 23.3 Å². The van der Waals surface area contributed by atoms with Crippen LogP contribution in [0.2, 0.25) is 0 Å². The first-order valence-electron chi connectivity index (χ1n) is 8.00. The van der Waals surface area contributed by atoms with Gasteiger partial charge in [-0.25, -0.2) is 13.4 Å². The summed E-state index contributed by atoms with van der Waals surface area (Å²) in [5.74, 6) is 0.700. The number of aryl methyl sites for hydroxylation is 1. The molecular formula is C16H22N4O3S. The van der Waals surface area contributed by atoms with Crippen LogP contribution in [0, 0.1) is 6.92 Å².